The number of carbonyl (C=O) groups is 2. The van der Waals surface area contributed by atoms with Crippen molar-refractivity contribution in [3.63, 3.8) is 0 Å². The number of unbranched alkanes of at least 4 members (excludes halogenated alkanes) is 4. The highest BCUT2D eigenvalue weighted by Gasteiger charge is 2.10. The minimum Gasteiger partial charge on any atom is -0.494 e. The number of ether oxygens (including phenoxy) is 3. The van der Waals surface area contributed by atoms with E-state index in [-0.39, 0.29) is 5.97 Å². The van der Waals surface area contributed by atoms with Crippen LogP contribution in [0.4, 0.5) is 0 Å². The van der Waals surface area contributed by atoms with Crippen LogP contribution in [0, 0.1) is 0 Å². The van der Waals surface area contributed by atoms with E-state index in [0.717, 1.165) is 44.3 Å². The Hall–Kier alpha value is -2.82. The van der Waals surface area contributed by atoms with Crippen LogP contribution < -0.4 is 14.2 Å². The van der Waals surface area contributed by atoms with Crippen molar-refractivity contribution in [2.24, 2.45) is 0 Å². The molecule has 0 aromatic heterocycles. The predicted molar refractivity (Wildman–Crippen MR) is 113 cm³/mol. The summed E-state index contributed by atoms with van der Waals surface area (Å²) in [6.07, 6.45) is 6.60. The summed E-state index contributed by atoms with van der Waals surface area (Å²) in [5.41, 5.74) is 0.385. The molecule has 0 radical (unpaired) electrons. The van der Waals surface area contributed by atoms with Crippen LogP contribution in [-0.2, 0) is 4.79 Å². The lowest BCUT2D eigenvalue weighted by atomic mass is 10.2. The maximum atomic E-state index is 12.3. The first-order valence-corrected chi connectivity index (χ1v) is 10.4. The van der Waals surface area contributed by atoms with Gasteiger partial charge in [-0.1, -0.05) is 39.5 Å². The lowest BCUT2D eigenvalue weighted by Gasteiger charge is -2.08. The van der Waals surface area contributed by atoms with E-state index < -0.39 is 5.97 Å². The van der Waals surface area contributed by atoms with Gasteiger partial charge < -0.3 is 14.2 Å². The van der Waals surface area contributed by atoms with Gasteiger partial charge in [-0.15, -0.1) is 0 Å². The van der Waals surface area contributed by atoms with Crippen LogP contribution in [-0.4, -0.2) is 18.5 Å². The summed E-state index contributed by atoms with van der Waals surface area (Å²) in [4.78, 5) is 24.0. The fraction of sp³-hybridized carbons (Fsp3) is 0.417. The largest absolute Gasteiger partial charge is 0.494 e. The summed E-state index contributed by atoms with van der Waals surface area (Å²) in [7, 11) is 0. The second-order valence-corrected chi connectivity index (χ2v) is 6.87. The Morgan fingerprint density at radius 1 is 0.690 bits per heavy atom. The van der Waals surface area contributed by atoms with Crippen LogP contribution in [0.2, 0.25) is 0 Å². The Labute approximate surface area is 173 Å². The molecule has 0 heterocycles. The molecule has 0 spiro atoms. The van der Waals surface area contributed by atoms with E-state index >= 15 is 0 Å². The summed E-state index contributed by atoms with van der Waals surface area (Å²) < 4.78 is 16.3. The van der Waals surface area contributed by atoms with E-state index in [1.165, 1.54) is 0 Å². The van der Waals surface area contributed by atoms with Gasteiger partial charge in [0.25, 0.3) is 0 Å². The van der Waals surface area contributed by atoms with Gasteiger partial charge in [0.1, 0.15) is 17.2 Å². The van der Waals surface area contributed by atoms with Crippen molar-refractivity contribution in [3.05, 3.63) is 54.1 Å². The third-order valence-electron chi connectivity index (χ3n) is 4.36. The first kappa shape index (κ1) is 22.5. The number of esters is 2. The minimum absolute atomic E-state index is 0.259. The fourth-order valence-corrected chi connectivity index (χ4v) is 2.67. The van der Waals surface area contributed by atoms with E-state index in [4.69, 9.17) is 14.2 Å². The van der Waals surface area contributed by atoms with Crippen molar-refractivity contribution in [1.29, 1.82) is 0 Å². The first-order chi connectivity index (χ1) is 14.1. The first-order valence-electron chi connectivity index (χ1n) is 10.4. The van der Waals surface area contributed by atoms with Gasteiger partial charge >= 0.3 is 11.9 Å². The van der Waals surface area contributed by atoms with Crippen molar-refractivity contribution >= 4 is 11.9 Å². The quantitative estimate of drug-likeness (QED) is 0.251. The molecule has 0 unspecified atom stereocenters. The molecule has 2 aromatic carbocycles. The molecule has 0 atom stereocenters. The van der Waals surface area contributed by atoms with Gasteiger partial charge in [0.15, 0.2) is 0 Å². The summed E-state index contributed by atoms with van der Waals surface area (Å²) in [6.45, 7) is 4.92. The molecule has 2 aromatic rings. The molecule has 0 bridgehead atoms. The van der Waals surface area contributed by atoms with Crippen LogP contribution in [0.1, 0.15) is 69.2 Å². The molecule has 0 fully saturated rings. The maximum Gasteiger partial charge on any atom is 0.343 e. The SMILES string of the molecule is CCCCCOc1ccc(OC(=O)c2ccc(OC(=O)CCCCC)cc2)cc1. The molecule has 5 heteroatoms. The van der Waals surface area contributed by atoms with E-state index in [1.807, 2.05) is 0 Å². The van der Waals surface area contributed by atoms with Crippen molar-refractivity contribution in [3.8, 4) is 17.2 Å². The Morgan fingerprint density at radius 3 is 1.90 bits per heavy atom. The van der Waals surface area contributed by atoms with Gasteiger partial charge in [0.05, 0.1) is 12.2 Å². The smallest absolute Gasteiger partial charge is 0.343 e. The molecule has 2 rings (SSSR count). The molecular weight excluding hydrogens is 368 g/mol. The molecular formula is C24H30O5. The normalized spacial score (nSPS) is 10.4. The van der Waals surface area contributed by atoms with Gasteiger partial charge in [-0.3, -0.25) is 4.79 Å². The molecule has 0 aliphatic heterocycles. The van der Waals surface area contributed by atoms with Crippen molar-refractivity contribution in [2.45, 2.75) is 58.8 Å². The Bertz CT molecular complexity index is 750. The van der Waals surface area contributed by atoms with E-state index in [1.54, 1.807) is 48.5 Å². The zero-order valence-electron chi connectivity index (χ0n) is 17.3. The molecule has 0 saturated heterocycles. The fourth-order valence-electron chi connectivity index (χ4n) is 2.67. The average molecular weight is 398 g/mol. The monoisotopic (exact) mass is 398 g/mol. The van der Waals surface area contributed by atoms with Crippen LogP contribution in [0.5, 0.6) is 17.2 Å². The molecule has 0 aliphatic rings. The summed E-state index contributed by atoms with van der Waals surface area (Å²) in [5.74, 6) is 0.897. The van der Waals surface area contributed by atoms with E-state index in [9.17, 15) is 9.59 Å². The van der Waals surface area contributed by atoms with Crippen molar-refractivity contribution in [1.82, 2.24) is 0 Å². The van der Waals surface area contributed by atoms with Gasteiger partial charge in [0, 0.05) is 6.42 Å². The third-order valence-corrected chi connectivity index (χ3v) is 4.36. The second-order valence-electron chi connectivity index (χ2n) is 6.87. The number of hydrogen-bond donors (Lipinski definition) is 0. The van der Waals surface area contributed by atoms with Gasteiger partial charge in [-0.05, 0) is 61.4 Å². The molecule has 0 N–H and O–H groups in total. The topological polar surface area (TPSA) is 61.8 Å². The van der Waals surface area contributed by atoms with Crippen LogP contribution in [0.25, 0.3) is 0 Å². The third kappa shape index (κ3) is 8.38. The van der Waals surface area contributed by atoms with Crippen LogP contribution in [0.3, 0.4) is 0 Å². The van der Waals surface area contributed by atoms with Crippen LogP contribution in [0.15, 0.2) is 48.5 Å². The van der Waals surface area contributed by atoms with Gasteiger partial charge in [-0.2, -0.15) is 0 Å². The van der Waals surface area contributed by atoms with E-state index in [2.05, 4.69) is 13.8 Å². The number of carbonyl (C=O) groups excluding carboxylic acids is 2. The zero-order valence-corrected chi connectivity index (χ0v) is 17.3. The Balaban J connectivity index is 1.82. The summed E-state index contributed by atoms with van der Waals surface area (Å²) in [5, 5.41) is 0. The highest BCUT2D eigenvalue weighted by Crippen LogP contribution is 2.20. The predicted octanol–water partition coefficient (Wildman–Crippen LogP) is 5.96. The Morgan fingerprint density at radius 2 is 1.24 bits per heavy atom. The second kappa shape index (κ2) is 12.6. The lowest BCUT2D eigenvalue weighted by molar-refractivity contribution is -0.134. The number of hydrogen-bond acceptors (Lipinski definition) is 5. The highest BCUT2D eigenvalue weighted by molar-refractivity contribution is 5.91. The van der Waals surface area contributed by atoms with Crippen molar-refractivity contribution < 1.29 is 23.8 Å². The molecule has 0 saturated carbocycles. The summed E-state index contributed by atoms with van der Waals surface area (Å²) in [6, 6.07) is 13.4. The summed E-state index contributed by atoms with van der Waals surface area (Å²) >= 11 is 0. The molecule has 0 aliphatic carbocycles. The average Bonchev–Trinajstić information content (AvgIpc) is 2.73. The highest BCUT2D eigenvalue weighted by atomic mass is 16.5. The Kier molecular flexibility index (Phi) is 9.76. The zero-order chi connectivity index (χ0) is 20.9. The number of benzene rings is 2. The molecule has 5 nitrogen and oxygen atoms in total. The maximum absolute atomic E-state index is 12.3. The van der Waals surface area contributed by atoms with Gasteiger partial charge in [-0.25, -0.2) is 4.79 Å². The molecule has 156 valence electrons. The standard InChI is InChI=1S/C24H30O5/c1-3-5-7-9-23(25)28-21-12-10-19(11-13-21)24(26)29-22-16-14-20(15-17-22)27-18-8-6-4-2/h10-17H,3-9,18H2,1-2H3. The number of rotatable bonds is 12. The molecule has 29 heavy (non-hydrogen) atoms. The lowest BCUT2D eigenvalue weighted by Crippen LogP contribution is -2.10. The minimum atomic E-state index is -0.470. The molecule has 0 amide bonds. The van der Waals surface area contributed by atoms with Crippen LogP contribution >= 0.6 is 0 Å². The van der Waals surface area contributed by atoms with E-state index in [0.29, 0.717) is 30.1 Å². The van der Waals surface area contributed by atoms with Crippen molar-refractivity contribution in [2.75, 3.05) is 6.61 Å². The van der Waals surface area contributed by atoms with Gasteiger partial charge in [0.2, 0.25) is 0 Å².